The topological polar surface area (TPSA) is 41.1 Å². The molecule has 0 saturated carbocycles. The number of rotatable bonds is 1. The molecule has 0 aromatic heterocycles. The Morgan fingerprint density at radius 1 is 1.05 bits per heavy atom. The van der Waals surface area contributed by atoms with Crippen LogP contribution >= 0.6 is 11.6 Å². The Morgan fingerprint density at radius 2 is 1.85 bits per heavy atom. The second-order valence-corrected chi connectivity index (χ2v) is 5.32. The Labute approximate surface area is 123 Å². The monoisotopic (exact) mass is 286 g/mol. The summed E-state index contributed by atoms with van der Waals surface area (Å²) in [6.07, 6.45) is 1.25. The molecule has 1 heterocycles. The minimum Gasteiger partial charge on any atom is -0.377 e. The molecule has 4 heteroatoms. The molecule has 1 aliphatic heterocycles. The lowest BCUT2D eigenvalue weighted by Gasteiger charge is -2.25. The van der Waals surface area contributed by atoms with Gasteiger partial charge >= 0.3 is 0 Å². The summed E-state index contributed by atoms with van der Waals surface area (Å²) in [5.74, 6) is 0.0380. The van der Waals surface area contributed by atoms with Gasteiger partial charge in [0, 0.05) is 11.4 Å². The third-order valence-electron chi connectivity index (χ3n) is 3.45. The minimum atomic E-state index is 0.0380. The molecule has 1 unspecified atom stereocenters. The van der Waals surface area contributed by atoms with Gasteiger partial charge in [-0.2, -0.15) is 0 Å². The zero-order valence-corrected chi connectivity index (χ0v) is 11.7. The van der Waals surface area contributed by atoms with Gasteiger partial charge in [-0.3, -0.25) is 4.79 Å². The Bertz CT molecular complexity index is 628. The van der Waals surface area contributed by atoms with E-state index < -0.39 is 0 Å². The quantitative estimate of drug-likeness (QED) is 0.824. The van der Waals surface area contributed by atoms with Gasteiger partial charge in [0.2, 0.25) is 5.91 Å². The van der Waals surface area contributed by atoms with E-state index in [0.29, 0.717) is 11.4 Å². The van der Waals surface area contributed by atoms with E-state index in [-0.39, 0.29) is 11.9 Å². The zero-order valence-electron chi connectivity index (χ0n) is 10.9. The molecule has 102 valence electrons. The van der Waals surface area contributed by atoms with Crippen molar-refractivity contribution in [2.75, 3.05) is 10.6 Å². The number of halogens is 1. The van der Waals surface area contributed by atoms with Crippen molar-refractivity contribution in [2.45, 2.75) is 18.9 Å². The Balaban J connectivity index is 1.98. The van der Waals surface area contributed by atoms with E-state index in [1.807, 2.05) is 30.3 Å². The molecule has 0 fully saturated rings. The normalized spacial score (nSPS) is 18.2. The second-order valence-electron chi connectivity index (χ2n) is 4.88. The van der Waals surface area contributed by atoms with Crippen LogP contribution in [0.4, 0.5) is 11.4 Å². The van der Waals surface area contributed by atoms with Crippen LogP contribution in [0.1, 0.15) is 24.4 Å². The fraction of sp³-hybridized carbons (Fsp3) is 0.188. The summed E-state index contributed by atoms with van der Waals surface area (Å²) in [6.45, 7) is 0. The van der Waals surface area contributed by atoms with Crippen molar-refractivity contribution in [3.8, 4) is 0 Å². The molecule has 0 aliphatic carbocycles. The first-order chi connectivity index (χ1) is 9.72. The van der Waals surface area contributed by atoms with Gasteiger partial charge in [0.25, 0.3) is 0 Å². The Morgan fingerprint density at radius 3 is 2.65 bits per heavy atom. The van der Waals surface area contributed by atoms with Gasteiger partial charge in [-0.25, -0.2) is 0 Å². The minimum absolute atomic E-state index is 0.0380. The van der Waals surface area contributed by atoms with Crippen LogP contribution in [0.25, 0.3) is 0 Å². The van der Waals surface area contributed by atoms with Crippen molar-refractivity contribution in [3.05, 3.63) is 59.1 Å². The maximum absolute atomic E-state index is 11.9. The van der Waals surface area contributed by atoms with E-state index in [4.69, 9.17) is 11.6 Å². The highest BCUT2D eigenvalue weighted by atomic mass is 35.5. The largest absolute Gasteiger partial charge is 0.377 e. The maximum atomic E-state index is 11.9. The number of nitrogens with one attached hydrogen (secondary N) is 2. The van der Waals surface area contributed by atoms with E-state index >= 15 is 0 Å². The molecule has 2 N–H and O–H groups in total. The highest BCUT2D eigenvalue weighted by Gasteiger charge is 2.19. The number of hydrogen-bond acceptors (Lipinski definition) is 2. The molecule has 0 saturated heterocycles. The SMILES string of the molecule is O=C1CCC(c2ccccc2)Nc2cc(Cl)ccc2N1. The summed E-state index contributed by atoms with van der Waals surface area (Å²) >= 11 is 6.05. The summed E-state index contributed by atoms with van der Waals surface area (Å²) in [7, 11) is 0. The summed E-state index contributed by atoms with van der Waals surface area (Å²) in [6, 6.07) is 15.7. The van der Waals surface area contributed by atoms with E-state index in [1.165, 1.54) is 5.56 Å². The maximum Gasteiger partial charge on any atom is 0.224 e. The molecule has 1 amide bonds. The van der Waals surface area contributed by atoms with Crippen molar-refractivity contribution < 1.29 is 4.79 Å². The third kappa shape index (κ3) is 2.78. The summed E-state index contributed by atoms with van der Waals surface area (Å²) in [5, 5.41) is 7.03. The lowest BCUT2D eigenvalue weighted by atomic mass is 10.00. The predicted octanol–water partition coefficient (Wildman–Crippen LogP) is 4.23. The fourth-order valence-corrected chi connectivity index (χ4v) is 2.60. The number of fused-ring (bicyclic) bond motifs is 1. The van der Waals surface area contributed by atoms with Crippen molar-refractivity contribution in [1.29, 1.82) is 0 Å². The fourth-order valence-electron chi connectivity index (χ4n) is 2.43. The number of carbonyl (C=O) groups excluding carboxylic acids is 1. The second kappa shape index (κ2) is 5.55. The van der Waals surface area contributed by atoms with Gasteiger partial charge in [-0.05, 0) is 30.2 Å². The highest BCUT2D eigenvalue weighted by molar-refractivity contribution is 6.31. The van der Waals surface area contributed by atoms with Crippen molar-refractivity contribution in [3.63, 3.8) is 0 Å². The summed E-state index contributed by atoms with van der Waals surface area (Å²) in [5.41, 5.74) is 2.81. The van der Waals surface area contributed by atoms with Crippen molar-refractivity contribution >= 4 is 28.9 Å². The van der Waals surface area contributed by atoms with Crippen molar-refractivity contribution in [2.24, 2.45) is 0 Å². The molecule has 2 aromatic carbocycles. The average Bonchev–Trinajstić information content (AvgIpc) is 2.45. The number of hydrogen-bond donors (Lipinski definition) is 2. The number of carbonyl (C=O) groups is 1. The molecule has 3 nitrogen and oxygen atoms in total. The average molecular weight is 287 g/mol. The van der Waals surface area contributed by atoms with Gasteiger partial charge in [-0.15, -0.1) is 0 Å². The van der Waals surface area contributed by atoms with Gasteiger partial charge in [0.15, 0.2) is 0 Å². The van der Waals surface area contributed by atoms with E-state index in [2.05, 4.69) is 22.8 Å². The Hall–Kier alpha value is -2.00. The van der Waals surface area contributed by atoms with Crippen LogP contribution in [0.5, 0.6) is 0 Å². The number of amides is 1. The molecule has 1 atom stereocenters. The first-order valence-electron chi connectivity index (χ1n) is 6.63. The smallest absolute Gasteiger partial charge is 0.224 e. The van der Waals surface area contributed by atoms with Crippen LogP contribution in [-0.4, -0.2) is 5.91 Å². The molecule has 2 aromatic rings. The van der Waals surface area contributed by atoms with Gasteiger partial charge < -0.3 is 10.6 Å². The molecule has 0 bridgehead atoms. The van der Waals surface area contributed by atoms with E-state index in [1.54, 1.807) is 6.07 Å². The molecule has 0 spiro atoms. The van der Waals surface area contributed by atoms with Crippen LogP contribution in [0.15, 0.2) is 48.5 Å². The van der Waals surface area contributed by atoms with Crippen LogP contribution in [-0.2, 0) is 4.79 Å². The molecule has 20 heavy (non-hydrogen) atoms. The van der Waals surface area contributed by atoms with Crippen LogP contribution in [0.3, 0.4) is 0 Å². The van der Waals surface area contributed by atoms with Crippen LogP contribution in [0.2, 0.25) is 5.02 Å². The first-order valence-corrected chi connectivity index (χ1v) is 7.01. The highest BCUT2D eigenvalue weighted by Crippen LogP contribution is 2.33. The standard InChI is InChI=1S/C16H15ClN2O/c17-12-6-7-14-15(10-12)18-13(8-9-16(20)19-14)11-4-2-1-3-5-11/h1-7,10,13,18H,8-9H2,(H,19,20). The molecular weight excluding hydrogens is 272 g/mol. The number of anilines is 2. The van der Waals surface area contributed by atoms with E-state index in [0.717, 1.165) is 17.8 Å². The van der Waals surface area contributed by atoms with Gasteiger partial charge in [0.05, 0.1) is 17.4 Å². The predicted molar refractivity (Wildman–Crippen MR) is 82.1 cm³/mol. The summed E-state index contributed by atoms with van der Waals surface area (Å²) in [4.78, 5) is 11.9. The summed E-state index contributed by atoms with van der Waals surface area (Å²) < 4.78 is 0. The van der Waals surface area contributed by atoms with E-state index in [9.17, 15) is 4.79 Å². The molecule has 0 radical (unpaired) electrons. The zero-order chi connectivity index (χ0) is 13.9. The van der Waals surface area contributed by atoms with Crippen LogP contribution in [0, 0.1) is 0 Å². The lowest BCUT2D eigenvalue weighted by molar-refractivity contribution is -0.116. The van der Waals surface area contributed by atoms with Gasteiger partial charge in [-0.1, -0.05) is 41.9 Å². The third-order valence-corrected chi connectivity index (χ3v) is 3.68. The van der Waals surface area contributed by atoms with Gasteiger partial charge in [0.1, 0.15) is 0 Å². The Kier molecular flexibility index (Phi) is 3.61. The lowest BCUT2D eigenvalue weighted by Crippen LogP contribution is -2.21. The number of benzene rings is 2. The molecule has 1 aliphatic rings. The van der Waals surface area contributed by atoms with Crippen molar-refractivity contribution in [1.82, 2.24) is 0 Å². The molecule has 3 rings (SSSR count). The molecular formula is C16H15ClN2O. The first kappa shape index (κ1) is 13.0. The van der Waals surface area contributed by atoms with Crippen LogP contribution < -0.4 is 10.6 Å².